The van der Waals surface area contributed by atoms with Gasteiger partial charge in [-0.25, -0.2) is 0 Å². The maximum absolute atomic E-state index is 9.64. The minimum absolute atomic E-state index is 0.244. The summed E-state index contributed by atoms with van der Waals surface area (Å²) in [6, 6.07) is 5.89. The second kappa shape index (κ2) is 3.21. The fourth-order valence-electron chi connectivity index (χ4n) is 1.38. The Morgan fingerprint density at radius 1 is 1.50 bits per heavy atom. The van der Waals surface area contributed by atoms with Gasteiger partial charge in [-0.15, -0.1) is 4.73 Å². The zero-order valence-corrected chi connectivity index (χ0v) is 8.19. The number of rotatable bonds is 2. The summed E-state index contributed by atoms with van der Waals surface area (Å²) >= 11 is 0. The van der Waals surface area contributed by atoms with Gasteiger partial charge in [0.25, 0.3) is 0 Å². The van der Waals surface area contributed by atoms with Crippen molar-refractivity contribution in [2.75, 3.05) is 6.61 Å². The van der Waals surface area contributed by atoms with Gasteiger partial charge in [0.1, 0.15) is 5.52 Å². The second-order valence-corrected chi connectivity index (χ2v) is 3.13. The summed E-state index contributed by atoms with van der Waals surface area (Å²) in [5.41, 5.74) is 2.52. The lowest BCUT2D eigenvalue weighted by Gasteiger charge is -1.99. The van der Waals surface area contributed by atoms with E-state index in [1.54, 1.807) is 0 Å². The van der Waals surface area contributed by atoms with Crippen LogP contribution in [0.2, 0.25) is 0 Å². The molecule has 2 rings (SSSR count). The third-order valence-electron chi connectivity index (χ3n) is 2.03. The van der Waals surface area contributed by atoms with E-state index in [4.69, 9.17) is 4.74 Å². The maximum atomic E-state index is 9.64. The molecule has 0 saturated heterocycles. The molecule has 0 aliphatic rings. The molecule has 14 heavy (non-hydrogen) atoms. The average Bonchev–Trinajstić information content (AvgIpc) is 2.44. The van der Waals surface area contributed by atoms with Gasteiger partial charge in [-0.3, -0.25) is 0 Å². The summed E-state index contributed by atoms with van der Waals surface area (Å²) in [4.78, 5) is 4.15. The minimum atomic E-state index is 0.244. The second-order valence-electron chi connectivity index (χ2n) is 3.13. The van der Waals surface area contributed by atoms with Gasteiger partial charge in [-0.2, -0.15) is 4.98 Å². The summed E-state index contributed by atoms with van der Waals surface area (Å²) in [7, 11) is 0. The van der Waals surface area contributed by atoms with Crippen LogP contribution in [0, 0.1) is 6.92 Å². The van der Waals surface area contributed by atoms with Gasteiger partial charge in [0, 0.05) is 0 Å². The van der Waals surface area contributed by atoms with Gasteiger partial charge in [0.05, 0.1) is 12.1 Å². The van der Waals surface area contributed by atoms with Crippen LogP contribution in [0.25, 0.3) is 11.0 Å². The largest absolute Gasteiger partial charge is 0.463 e. The monoisotopic (exact) mass is 192 g/mol. The van der Waals surface area contributed by atoms with Crippen LogP contribution in [0.3, 0.4) is 0 Å². The molecule has 0 radical (unpaired) electrons. The zero-order valence-electron chi connectivity index (χ0n) is 8.19. The first-order valence-corrected chi connectivity index (χ1v) is 4.53. The van der Waals surface area contributed by atoms with Gasteiger partial charge < -0.3 is 9.94 Å². The van der Waals surface area contributed by atoms with Crippen LogP contribution in [-0.2, 0) is 0 Å². The van der Waals surface area contributed by atoms with Crippen molar-refractivity contribution in [1.29, 1.82) is 0 Å². The molecule has 0 saturated carbocycles. The van der Waals surface area contributed by atoms with E-state index in [0.29, 0.717) is 12.1 Å². The van der Waals surface area contributed by atoms with Crippen LogP contribution in [0.15, 0.2) is 18.2 Å². The van der Waals surface area contributed by atoms with Crippen molar-refractivity contribution < 1.29 is 9.94 Å². The highest BCUT2D eigenvalue weighted by molar-refractivity contribution is 5.77. The van der Waals surface area contributed by atoms with Crippen molar-refractivity contribution in [3.63, 3.8) is 0 Å². The smallest absolute Gasteiger partial charge is 0.331 e. The van der Waals surface area contributed by atoms with E-state index in [1.165, 1.54) is 0 Å². The van der Waals surface area contributed by atoms with E-state index in [1.807, 2.05) is 32.0 Å². The topological polar surface area (TPSA) is 47.3 Å². The Bertz CT molecular complexity index is 462. The Hall–Kier alpha value is -1.71. The summed E-state index contributed by atoms with van der Waals surface area (Å²) in [6.45, 7) is 4.32. The molecule has 4 nitrogen and oxygen atoms in total. The number of hydrogen-bond donors (Lipinski definition) is 1. The van der Waals surface area contributed by atoms with E-state index in [9.17, 15) is 5.21 Å². The van der Waals surface area contributed by atoms with E-state index in [0.717, 1.165) is 15.8 Å². The molecule has 0 fully saturated rings. The van der Waals surface area contributed by atoms with E-state index in [-0.39, 0.29) is 6.01 Å². The fraction of sp³-hybridized carbons (Fsp3) is 0.300. The minimum Gasteiger partial charge on any atom is -0.463 e. The highest BCUT2D eigenvalue weighted by Gasteiger charge is 2.09. The third kappa shape index (κ3) is 1.28. The molecule has 74 valence electrons. The molecule has 4 heteroatoms. The molecule has 2 aromatic rings. The first-order valence-electron chi connectivity index (χ1n) is 4.53. The predicted octanol–water partition coefficient (Wildman–Crippen LogP) is 1.98. The van der Waals surface area contributed by atoms with E-state index < -0.39 is 0 Å². The third-order valence-corrected chi connectivity index (χ3v) is 2.03. The average molecular weight is 192 g/mol. The van der Waals surface area contributed by atoms with Gasteiger partial charge in [0.2, 0.25) is 0 Å². The molecule has 0 unspecified atom stereocenters. The molecule has 0 atom stereocenters. The molecular weight excluding hydrogens is 180 g/mol. The molecule has 1 N–H and O–H groups in total. The Morgan fingerprint density at radius 3 is 3.00 bits per heavy atom. The molecule has 0 spiro atoms. The molecule has 1 aromatic heterocycles. The van der Waals surface area contributed by atoms with Crippen LogP contribution in [0.4, 0.5) is 0 Å². The van der Waals surface area contributed by atoms with Gasteiger partial charge in [0.15, 0.2) is 0 Å². The number of aryl methyl sites for hydroxylation is 1. The summed E-state index contributed by atoms with van der Waals surface area (Å²) in [5, 5.41) is 9.64. The van der Waals surface area contributed by atoms with Crippen molar-refractivity contribution in [3.8, 4) is 6.01 Å². The van der Waals surface area contributed by atoms with Crippen molar-refractivity contribution in [2.24, 2.45) is 0 Å². The van der Waals surface area contributed by atoms with Crippen LogP contribution in [0.5, 0.6) is 6.01 Å². The van der Waals surface area contributed by atoms with Crippen molar-refractivity contribution in [1.82, 2.24) is 9.71 Å². The number of nitrogens with zero attached hydrogens (tertiary/aromatic N) is 2. The summed E-state index contributed by atoms with van der Waals surface area (Å²) in [6.07, 6.45) is 0. The van der Waals surface area contributed by atoms with Gasteiger partial charge in [-0.05, 0) is 31.5 Å². The van der Waals surface area contributed by atoms with E-state index in [2.05, 4.69) is 4.98 Å². The summed E-state index contributed by atoms with van der Waals surface area (Å²) < 4.78 is 6.13. The molecular formula is C10H12N2O2. The number of fused-ring (bicyclic) bond motifs is 1. The Labute approximate surface area is 81.7 Å². The first-order chi connectivity index (χ1) is 6.72. The number of benzene rings is 1. The molecule has 0 aliphatic carbocycles. The predicted molar refractivity (Wildman–Crippen MR) is 52.8 cm³/mol. The van der Waals surface area contributed by atoms with Crippen molar-refractivity contribution in [3.05, 3.63) is 23.8 Å². The molecule has 1 heterocycles. The van der Waals surface area contributed by atoms with Crippen LogP contribution >= 0.6 is 0 Å². The van der Waals surface area contributed by atoms with Crippen LogP contribution in [-0.4, -0.2) is 21.5 Å². The normalized spacial score (nSPS) is 10.7. The lowest BCUT2D eigenvalue weighted by atomic mass is 10.2. The van der Waals surface area contributed by atoms with Crippen LogP contribution < -0.4 is 4.74 Å². The number of imidazole rings is 1. The first kappa shape index (κ1) is 8.87. The quantitative estimate of drug-likeness (QED) is 0.740. The Kier molecular flexibility index (Phi) is 2.04. The van der Waals surface area contributed by atoms with E-state index >= 15 is 0 Å². The maximum Gasteiger partial charge on any atom is 0.331 e. The van der Waals surface area contributed by atoms with Crippen molar-refractivity contribution in [2.45, 2.75) is 13.8 Å². The Morgan fingerprint density at radius 2 is 2.29 bits per heavy atom. The van der Waals surface area contributed by atoms with Crippen LogP contribution in [0.1, 0.15) is 12.5 Å². The zero-order chi connectivity index (χ0) is 10.1. The molecule has 0 amide bonds. The fourth-order valence-corrected chi connectivity index (χ4v) is 1.38. The summed E-state index contributed by atoms with van der Waals surface area (Å²) in [5.74, 6) is 0. The van der Waals surface area contributed by atoms with Gasteiger partial charge >= 0.3 is 6.01 Å². The standard InChI is InChI=1S/C10H12N2O2/c1-3-14-10-11-8-6-7(2)4-5-9(8)12(10)13/h4-6,13H,3H2,1-2H3. The lowest BCUT2D eigenvalue weighted by molar-refractivity contribution is 0.149. The highest BCUT2D eigenvalue weighted by Crippen LogP contribution is 2.20. The molecule has 0 bridgehead atoms. The number of hydrogen-bond acceptors (Lipinski definition) is 3. The van der Waals surface area contributed by atoms with Gasteiger partial charge in [-0.1, -0.05) is 6.07 Å². The Balaban J connectivity index is 2.61. The SMILES string of the molecule is CCOc1nc2cc(C)ccc2n1O. The highest BCUT2D eigenvalue weighted by atomic mass is 16.6. The number of aromatic nitrogens is 2. The molecule has 1 aromatic carbocycles. The number of ether oxygens (including phenoxy) is 1. The lowest BCUT2D eigenvalue weighted by Crippen LogP contribution is -1.99. The van der Waals surface area contributed by atoms with Crippen molar-refractivity contribution >= 4 is 11.0 Å². The molecule has 0 aliphatic heterocycles.